The predicted octanol–water partition coefficient (Wildman–Crippen LogP) is 3.87. The maximum Gasteiger partial charge on any atom is 0.282 e. The summed E-state index contributed by atoms with van der Waals surface area (Å²) in [5, 5.41) is 16.1. The highest BCUT2D eigenvalue weighted by atomic mass is 32.1. The predicted molar refractivity (Wildman–Crippen MR) is 114 cm³/mol. The summed E-state index contributed by atoms with van der Waals surface area (Å²) in [6.45, 7) is 2.41. The number of hydrogen-bond acceptors (Lipinski definition) is 7. The van der Waals surface area contributed by atoms with Crippen LogP contribution in [-0.4, -0.2) is 34.4 Å². The molecule has 0 fully saturated rings. The normalized spacial score (nSPS) is 13.5. The van der Waals surface area contributed by atoms with Gasteiger partial charge >= 0.3 is 0 Å². The van der Waals surface area contributed by atoms with E-state index in [1.807, 2.05) is 11.4 Å². The van der Waals surface area contributed by atoms with Gasteiger partial charge in [0.05, 0.1) is 17.7 Å². The van der Waals surface area contributed by atoms with Crippen molar-refractivity contribution in [2.24, 2.45) is 0 Å². The SMILES string of the molecule is COc1ccc2c(c1)CCN(Cc1csc(NC(=O)c3ccccc3[N+](=O)[O-])n1)C2. The van der Waals surface area contributed by atoms with Crippen LogP contribution in [-0.2, 0) is 19.5 Å². The highest BCUT2D eigenvalue weighted by Gasteiger charge is 2.21. The quantitative estimate of drug-likeness (QED) is 0.477. The van der Waals surface area contributed by atoms with Crippen molar-refractivity contribution in [2.45, 2.75) is 19.5 Å². The number of benzene rings is 2. The lowest BCUT2D eigenvalue weighted by Gasteiger charge is -2.28. The number of amides is 1. The molecule has 1 aromatic heterocycles. The van der Waals surface area contributed by atoms with Crippen LogP contribution in [0.4, 0.5) is 10.8 Å². The summed E-state index contributed by atoms with van der Waals surface area (Å²) in [6, 6.07) is 12.0. The third-order valence-electron chi connectivity index (χ3n) is 5.01. The third kappa shape index (κ3) is 4.32. The molecule has 1 aliphatic heterocycles. The van der Waals surface area contributed by atoms with Crippen LogP contribution in [0.2, 0.25) is 0 Å². The number of nitro groups is 1. The molecule has 1 aliphatic rings. The van der Waals surface area contributed by atoms with Crippen LogP contribution < -0.4 is 10.1 Å². The molecule has 0 atom stereocenters. The van der Waals surface area contributed by atoms with Crippen molar-refractivity contribution >= 4 is 28.1 Å². The van der Waals surface area contributed by atoms with Gasteiger partial charge in [-0.05, 0) is 35.7 Å². The monoisotopic (exact) mass is 424 g/mol. The van der Waals surface area contributed by atoms with Crippen LogP contribution in [0.5, 0.6) is 5.75 Å². The van der Waals surface area contributed by atoms with E-state index in [-0.39, 0.29) is 11.3 Å². The Bertz CT molecular complexity index is 1100. The first-order valence-corrected chi connectivity index (χ1v) is 10.3. The second-order valence-corrected chi connectivity index (χ2v) is 7.83. The lowest BCUT2D eigenvalue weighted by atomic mass is 9.99. The van der Waals surface area contributed by atoms with Crippen LogP contribution in [0.15, 0.2) is 47.8 Å². The number of methoxy groups -OCH3 is 1. The van der Waals surface area contributed by atoms with Crippen molar-refractivity contribution in [3.8, 4) is 5.75 Å². The number of aromatic nitrogens is 1. The minimum absolute atomic E-state index is 0.0160. The number of thiazole rings is 1. The fraction of sp³-hybridized carbons (Fsp3) is 0.238. The molecule has 1 amide bonds. The van der Waals surface area contributed by atoms with Crippen LogP contribution in [0.3, 0.4) is 0 Å². The van der Waals surface area contributed by atoms with Gasteiger partial charge in [-0.25, -0.2) is 4.98 Å². The first-order valence-electron chi connectivity index (χ1n) is 9.41. The Morgan fingerprint density at radius 2 is 2.13 bits per heavy atom. The van der Waals surface area contributed by atoms with Crippen molar-refractivity contribution in [1.82, 2.24) is 9.88 Å². The van der Waals surface area contributed by atoms with Crippen molar-refractivity contribution in [3.63, 3.8) is 0 Å². The van der Waals surface area contributed by atoms with E-state index in [9.17, 15) is 14.9 Å². The molecule has 0 spiro atoms. The molecule has 154 valence electrons. The molecule has 4 rings (SSSR count). The number of nitrogens with one attached hydrogen (secondary N) is 1. The standard InChI is InChI=1S/C21H20N4O4S/c1-29-17-7-6-15-11-24(9-8-14(15)10-17)12-16-13-30-21(22-16)23-20(26)18-4-2-3-5-19(18)25(27)28/h2-7,10,13H,8-9,11-12H2,1H3,(H,22,23,26). The van der Waals surface area contributed by atoms with Gasteiger partial charge < -0.3 is 4.74 Å². The lowest BCUT2D eigenvalue weighted by molar-refractivity contribution is -0.385. The minimum atomic E-state index is -0.564. The summed E-state index contributed by atoms with van der Waals surface area (Å²) in [5.41, 5.74) is 3.23. The zero-order chi connectivity index (χ0) is 21.1. The van der Waals surface area contributed by atoms with Gasteiger partial charge in [-0.2, -0.15) is 0 Å². The van der Waals surface area contributed by atoms with Gasteiger partial charge in [0.15, 0.2) is 5.13 Å². The highest BCUT2D eigenvalue weighted by Crippen LogP contribution is 2.26. The van der Waals surface area contributed by atoms with Crippen LogP contribution in [0.1, 0.15) is 27.2 Å². The Morgan fingerprint density at radius 1 is 1.30 bits per heavy atom. The third-order valence-corrected chi connectivity index (χ3v) is 5.81. The number of rotatable bonds is 6. The lowest BCUT2D eigenvalue weighted by Crippen LogP contribution is -2.30. The first kappa shape index (κ1) is 20.0. The number of fused-ring (bicyclic) bond motifs is 1. The summed E-state index contributed by atoms with van der Waals surface area (Å²) in [7, 11) is 1.67. The van der Waals surface area contributed by atoms with Gasteiger partial charge in [0.1, 0.15) is 11.3 Å². The largest absolute Gasteiger partial charge is 0.497 e. The molecular weight excluding hydrogens is 404 g/mol. The van der Waals surface area contributed by atoms with Gasteiger partial charge in [0.25, 0.3) is 11.6 Å². The molecule has 0 bridgehead atoms. The number of nitro benzene ring substituents is 1. The van der Waals surface area contributed by atoms with Gasteiger partial charge in [0.2, 0.25) is 0 Å². The first-order chi connectivity index (χ1) is 14.5. The van der Waals surface area contributed by atoms with Crippen molar-refractivity contribution in [2.75, 3.05) is 19.0 Å². The molecule has 0 saturated carbocycles. The number of carbonyl (C=O) groups excluding carboxylic acids is 1. The summed E-state index contributed by atoms with van der Waals surface area (Å²) in [6.07, 6.45) is 0.942. The second kappa shape index (κ2) is 8.60. The van der Waals surface area contributed by atoms with E-state index in [1.165, 1.54) is 40.7 Å². The van der Waals surface area contributed by atoms with Gasteiger partial charge in [-0.3, -0.25) is 25.1 Å². The Hall–Kier alpha value is -3.30. The Morgan fingerprint density at radius 3 is 2.93 bits per heavy atom. The van der Waals surface area contributed by atoms with Crippen LogP contribution in [0, 0.1) is 10.1 Å². The summed E-state index contributed by atoms with van der Waals surface area (Å²) >= 11 is 1.31. The average molecular weight is 424 g/mol. The second-order valence-electron chi connectivity index (χ2n) is 6.97. The number of anilines is 1. The number of para-hydroxylation sites is 1. The van der Waals surface area contributed by atoms with Crippen LogP contribution in [0.25, 0.3) is 0 Å². The number of carbonyl (C=O) groups is 1. The van der Waals surface area contributed by atoms with Gasteiger partial charge in [-0.15, -0.1) is 11.3 Å². The highest BCUT2D eigenvalue weighted by molar-refractivity contribution is 7.14. The van der Waals surface area contributed by atoms with Crippen molar-refractivity contribution < 1.29 is 14.5 Å². The summed E-state index contributed by atoms with van der Waals surface area (Å²) in [5.74, 6) is 0.338. The van der Waals surface area contributed by atoms with Gasteiger partial charge in [0, 0.05) is 31.1 Å². The topological polar surface area (TPSA) is 97.6 Å². The van der Waals surface area contributed by atoms with Crippen LogP contribution >= 0.6 is 11.3 Å². The smallest absolute Gasteiger partial charge is 0.282 e. The molecule has 0 radical (unpaired) electrons. The molecule has 2 aromatic carbocycles. The molecule has 8 nitrogen and oxygen atoms in total. The number of hydrogen-bond donors (Lipinski definition) is 1. The molecule has 1 N–H and O–H groups in total. The van der Waals surface area contributed by atoms with E-state index in [4.69, 9.17) is 4.74 Å². The molecule has 2 heterocycles. The molecule has 9 heteroatoms. The van der Waals surface area contributed by atoms with Gasteiger partial charge in [-0.1, -0.05) is 18.2 Å². The van der Waals surface area contributed by atoms with E-state index in [0.29, 0.717) is 11.7 Å². The number of ether oxygens (including phenoxy) is 1. The molecule has 30 heavy (non-hydrogen) atoms. The molecule has 0 saturated heterocycles. The fourth-order valence-electron chi connectivity index (χ4n) is 3.51. The summed E-state index contributed by atoms with van der Waals surface area (Å²) in [4.78, 5) is 29.8. The minimum Gasteiger partial charge on any atom is -0.497 e. The summed E-state index contributed by atoms with van der Waals surface area (Å²) < 4.78 is 5.30. The zero-order valence-electron chi connectivity index (χ0n) is 16.3. The molecule has 0 unspecified atom stereocenters. The zero-order valence-corrected chi connectivity index (χ0v) is 17.1. The number of nitrogens with zero attached hydrogens (tertiary/aromatic N) is 3. The van der Waals surface area contributed by atoms with E-state index in [2.05, 4.69) is 27.3 Å². The maximum atomic E-state index is 12.5. The maximum absolute atomic E-state index is 12.5. The van der Waals surface area contributed by atoms with Crippen molar-refractivity contribution in [3.05, 3.63) is 80.3 Å². The fourth-order valence-corrected chi connectivity index (χ4v) is 4.20. The van der Waals surface area contributed by atoms with E-state index < -0.39 is 10.8 Å². The van der Waals surface area contributed by atoms with E-state index in [0.717, 1.165) is 31.0 Å². The Kier molecular flexibility index (Phi) is 5.73. The molecule has 3 aromatic rings. The molecule has 0 aliphatic carbocycles. The average Bonchev–Trinajstić information content (AvgIpc) is 3.19. The van der Waals surface area contributed by atoms with E-state index >= 15 is 0 Å². The Labute approximate surface area is 177 Å². The molecular formula is C21H20N4O4S. The Balaban J connectivity index is 1.40. The van der Waals surface area contributed by atoms with Crippen molar-refractivity contribution in [1.29, 1.82) is 0 Å². The van der Waals surface area contributed by atoms with E-state index in [1.54, 1.807) is 13.2 Å².